The van der Waals surface area contributed by atoms with Gasteiger partial charge in [0.1, 0.15) is 5.82 Å². The molecule has 2 aromatic rings. The van der Waals surface area contributed by atoms with Gasteiger partial charge in [0.15, 0.2) is 0 Å². The molecule has 0 aliphatic carbocycles. The van der Waals surface area contributed by atoms with Crippen molar-refractivity contribution in [2.45, 2.75) is 26.4 Å². The molecule has 0 radical (unpaired) electrons. The van der Waals surface area contributed by atoms with E-state index in [1.807, 2.05) is 13.1 Å². The third-order valence-corrected chi connectivity index (χ3v) is 3.01. The lowest BCUT2D eigenvalue weighted by Gasteiger charge is -2.09. The molecule has 0 aliphatic heterocycles. The van der Waals surface area contributed by atoms with Crippen LogP contribution in [0.4, 0.5) is 0 Å². The van der Waals surface area contributed by atoms with Gasteiger partial charge in [-0.05, 0) is 13.8 Å². The maximum Gasteiger partial charge on any atom is 0.122 e. The third-order valence-electron chi connectivity index (χ3n) is 2.19. The van der Waals surface area contributed by atoms with Crippen LogP contribution in [0, 0.1) is 6.92 Å². The number of nitrogens with one attached hydrogen (secondary N) is 2. The maximum atomic E-state index is 4.39. The van der Waals surface area contributed by atoms with Gasteiger partial charge in [-0.3, -0.25) is 0 Å². The van der Waals surface area contributed by atoms with Crippen LogP contribution in [0.1, 0.15) is 29.5 Å². The van der Waals surface area contributed by atoms with Crippen LogP contribution in [-0.4, -0.2) is 15.0 Å². The molecule has 80 valence electrons. The minimum atomic E-state index is 0.224. The molecule has 0 amide bonds. The van der Waals surface area contributed by atoms with Gasteiger partial charge in [-0.2, -0.15) is 0 Å². The number of hydrogen-bond acceptors (Lipinski definition) is 4. The molecule has 15 heavy (non-hydrogen) atoms. The third kappa shape index (κ3) is 2.64. The molecular formula is C10H14N4S. The normalized spacial score (nSPS) is 12.9. The molecule has 1 atom stereocenters. The fourth-order valence-corrected chi connectivity index (χ4v) is 1.97. The number of imidazole rings is 1. The first-order valence-electron chi connectivity index (χ1n) is 4.89. The Morgan fingerprint density at radius 3 is 3.07 bits per heavy atom. The lowest BCUT2D eigenvalue weighted by Crippen LogP contribution is -2.19. The molecule has 0 aromatic carbocycles. The number of nitrogens with zero attached hydrogens (tertiary/aromatic N) is 2. The van der Waals surface area contributed by atoms with Crippen molar-refractivity contribution in [2.24, 2.45) is 0 Å². The number of rotatable bonds is 4. The molecular weight excluding hydrogens is 208 g/mol. The lowest BCUT2D eigenvalue weighted by atomic mass is 10.3. The first kappa shape index (κ1) is 10.3. The van der Waals surface area contributed by atoms with E-state index in [4.69, 9.17) is 0 Å². The molecule has 2 aromatic heterocycles. The van der Waals surface area contributed by atoms with E-state index < -0.39 is 0 Å². The molecule has 4 nitrogen and oxygen atoms in total. The van der Waals surface area contributed by atoms with Gasteiger partial charge in [-0.25, -0.2) is 9.97 Å². The molecule has 0 spiro atoms. The Morgan fingerprint density at radius 2 is 2.47 bits per heavy atom. The zero-order valence-electron chi connectivity index (χ0n) is 8.82. The van der Waals surface area contributed by atoms with Crippen molar-refractivity contribution >= 4 is 11.3 Å². The van der Waals surface area contributed by atoms with Crippen LogP contribution in [0.3, 0.4) is 0 Å². The Kier molecular flexibility index (Phi) is 3.13. The Labute approximate surface area is 92.8 Å². The number of H-pyrrole nitrogens is 1. The van der Waals surface area contributed by atoms with Crippen LogP contribution in [0.5, 0.6) is 0 Å². The Balaban J connectivity index is 1.88. The minimum absolute atomic E-state index is 0.224. The second-order valence-corrected chi connectivity index (χ2v) is 4.50. The molecule has 5 heteroatoms. The van der Waals surface area contributed by atoms with Gasteiger partial charge in [0.25, 0.3) is 0 Å². The monoisotopic (exact) mass is 222 g/mol. The predicted octanol–water partition coefficient (Wildman–Crippen LogP) is 2.03. The first-order valence-corrected chi connectivity index (χ1v) is 5.77. The van der Waals surface area contributed by atoms with E-state index in [1.165, 1.54) is 0 Å². The quantitative estimate of drug-likeness (QED) is 0.832. The summed E-state index contributed by atoms with van der Waals surface area (Å²) in [6, 6.07) is 0.224. The highest BCUT2D eigenvalue weighted by Crippen LogP contribution is 2.10. The summed E-state index contributed by atoms with van der Waals surface area (Å²) >= 11 is 1.68. The summed E-state index contributed by atoms with van der Waals surface area (Å²) in [6.07, 6.45) is 3.60. The van der Waals surface area contributed by atoms with Crippen molar-refractivity contribution in [3.05, 3.63) is 34.3 Å². The van der Waals surface area contributed by atoms with E-state index in [2.05, 4.69) is 32.6 Å². The highest BCUT2D eigenvalue weighted by molar-refractivity contribution is 7.09. The minimum Gasteiger partial charge on any atom is -0.347 e. The van der Waals surface area contributed by atoms with E-state index in [-0.39, 0.29) is 6.04 Å². The van der Waals surface area contributed by atoms with Gasteiger partial charge in [-0.15, -0.1) is 11.3 Å². The largest absolute Gasteiger partial charge is 0.347 e. The summed E-state index contributed by atoms with van der Waals surface area (Å²) in [5.74, 6) is 0.960. The van der Waals surface area contributed by atoms with Crippen molar-refractivity contribution < 1.29 is 0 Å². The SMILES string of the molecule is Cc1nc(CNC(C)c2ncc[nH]2)cs1. The Morgan fingerprint density at radius 1 is 1.60 bits per heavy atom. The summed E-state index contributed by atoms with van der Waals surface area (Å²) in [5.41, 5.74) is 1.09. The summed E-state index contributed by atoms with van der Waals surface area (Å²) < 4.78 is 0. The van der Waals surface area contributed by atoms with Crippen molar-refractivity contribution in [3.63, 3.8) is 0 Å². The average Bonchev–Trinajstić information content (AvgIpc) is 2.84. The Bertz CT molecular complexity index is 407. The van der Waals surface area contributed by atoms with Crippen LogP contribution in [-0.2, 0) is 6.54 Å². The molecule has 1 unspecified atom stereocenters. The lowest BCUT2D eigenvalue weighted by molar-refractivity contribution is 0.546. The van der Waals surface area contributed by atoms with Gasteiger partial charge in [-0.1, -0.05) is 0 Å². The molecule has 0 fully saturated rings. The van der Waals surface area contributed by atoms with E-state index in [0.717, 1.165) is 23.1 Å². The summed E-state index contributed by atoms with van der Waals surface area (Å²) in [4.78, 5) is 11.7. The van der Waals surface area contributed by atoms with E-state index >= 15 is 0 Å². The van der Waals surface area contributed by atoms with Gasteiger partial charge in [0, 0.05) is 24.3 Å². The first-order chi connectivity index (χ1) is 7.25. The van der Waals surface area contributed by atoms with Crippen LogP contribution < -0.4 is 5.32 Å². The Hall–Kier alpha value is -1.20. The molecule has 0 saturated heterocycles. The standard InChI is InChI=1S/C10H14N4S/c1-7(10-11-3-4-12-10)13-5-9-6-15-8(2)14-9/h3-4,6-7,13H,5H2,1-2H3,(H,11,12). The van der Waals surface area contributed by atoms with E-state index in [0.29, 0.717) is 0 Å². The van der Waals surface area contributed by atoms with Gasteiger partial charge in [0.2, 0.25) is 0 Å². The van der Waals surface area contributed by atoms with Crippen molar-refractivity contribution in [1.82, 2.24) is 20.3 Å². The average molecular weight is 222 g/mol. The second kappa shape index (κ2) is 4.55. The maximum absolute atomic E-state index is 4.39. The van der Waals surface area contributed by atoms with Gasteiger partial charge < -0.3 is 10.3 Å². The zero-order valence-corrected chi connectivity index (χ0v) is 9.64. The van der Waals surface area contributed by atoms with Crippen LogP contribution in [0.15, 0.2) is 17.8 Å². The second-order valence-electron chi connectivity index (χ2n) is 3.43. The number of thiazole rings is 1. The predicted molar refractivity (Wildman–Crippen MR) is 60.7 cm³/mol. The number of hydrogen-bond donors (Lipinski definition) is 2. The molecule has 0 bridgehead atoms. The number of aromatic nitrogens is 3. The highest BCUT2D eigenvalue weighted by atomic mass is 32.1. The number of aryl methyl sites for hydroxylation is 1. The van der Waals surface area contributed by atoms with Crippen LogP contribution >= 0.6 is 11.3 Å². The van der Waals surface area contributed by atoms with Crippen molar-refractivity contribution in [1.29, 1.82) is 0 Å². The van der Waals surface area contributed by atoms with Gasteiger partial charge in [0.05, 0.1) is 16.7 Å². The fourth-order valence-electron chi connectivity index (χ4n) is 1.36. The number of aromatic amines is 1. The van der Waals surface area contributed by atoms with E-state index in [1.54, 1.807) is 17.5 Å². The topological polar surface area (TPSA) is 53.6 Å². The fraction of sp³-hybridized carbons (Fsp3) is 0.400. The van der Waals surface area contributed by atoms with Gasteiger partial charge >= 0.3 is 0 Å². The smallest absolute Gasteiger partial charge is 0.122 e. The van der Waals surface area contributed by atoms with Crippen LogP contribution in [0.25, 0.3) is 0 Å². The summed E-state index contributed by atoms with van der Waals surface area (Å²) in [7, 11) is 0. The van der Waals surface area contributed by atoms with Crippen molar-refractivity contribution in [2.75, 3.05) is 0 Å². The molecule has 0 saturated carbocycles. The zero-order chi connectivity index (χ0) is 10.7. The molecule has 2 rings (SSSR count). The molecule has 0 aliphatic rings. The van der Waals surface area contributed by atoms with E-state index in [9.17, 15) is 0 Å². The molecule has 2 N–H and O–H groups in total. The summed E-state index contributed by atoms with van der Waals surface area (Å²) in [5, 5.41) is 6.55. The van der Waals surface area contributed by atoms with Crippen LogP contribution in [0.2, 0.25) is 0 Å². The summed E-state index contributed by atoms with van der Waals surface area (Å²) in [6.45, 7) is 4.88. The van der Waals surface area contributed by atoms with Crippen molar-refractivity contribution in [3.8, 4) is 0 Å². The molecule has 2 heterocycles. The highest BCUT2D eigenvalue weighted by Gasteiger charge is 2.07.